The average molecular weight is 495 g/mol. The molecule has 10 nitrogen and oxygen atoms in total. The van der Waals surface area contributed by atoms with Gasteiger partial charge >= 0.3 is 0 Å². The topological polar surface area (TPSA) is 158 Å². The molecule has 2 heterocycles. The molecule has 2 aliphatic heterocycles. The molecule has 0 aromatic carbocycles. The second-order valence-electron chi connectivity index (χ2n) is 10.2. The minimum Gasteiger partial charge on any atom is -0.394 e. The second kappa shape index (κ2) is 12.2. The Bertz CT molecular complexity index is 607. The summed E-state index contributed by atoms with van der Waals surface area (Å²) in [5.41, 5.74) is -1.02. The molecule has 10 heteroatoms. The highest BCUT2D eigenvalue weighted by atomic mass is 16.7. The van der Waals surface area contributed by atoms with E-state index in [1.807, 2.05) is 41.5 Å². The van der Waals surface area contributed by atoms with E-state index in [2.05, 4.69) is 0 Å². The van der Waals surface area contributed by atoms with Gasteiger partial charge < -0.3 is 49.6 Å². The molecule has 8 unspecified atom stereocenters. The van der Waals surface area contributed by atoms with E-state index in [9.17, 15) is 30.6 Å². The van der Waals surface area contributed by atoms with Crippen molar-refractivity contribution in [1.29, 1.82) is 0 Å². The predicted octanol–water partition coefficient (Wildman–Crippen LogP) is 0.0823. The minimum absolute atomic E-state index is 0.437. The van der Waals surface area contributed by atoms with Crippen molar-refractivity contribution in [2.24, 2.45) is 5.41 Å². The van der Waals surface area contributed by atoms with Gasteiger partial charge in [-0.25, -0.2) is 0 Å². The van der Waals surface area contributed by atoms with Crippen LogP contribution in [0.2, 0.25) is 0 Å². The highest BCUT2D eigenvalue weighted by Gasteiger charge is 2.54. The third-order valence-electron chi connectivity index (χ3n) is 8.20. The molecule has 10 atom stereocenters. The number of aliphatic hydroxyl groups excluding tert-OH is 6. The van der Waals surface area contributed by atoms with Gasteiger partial charge in [-0.1, -0.05) is 34.6 Å². The molecule has 0 aliphatic carbocycles. The molecule has 2 rings (SSSR count). The van der Waals surface area contributed by atoms with Gasteiger partial charge in [0, 0.05) is 0 Å². The molecule has 0 saturated carbocycles. The molecule has 0 radical (unpaired) electrons. The van der Waals surface area contributed by atoms with Crippen LogP contribution < -0.4 is 0 Å². The summed E-state index contributed by atoms with van der Waals surface area (Å²) in [5.74, 6) is 0. The van der Waals surface area contributed by atoms with Crippen molar-refractivity contribution < 1.29 is 49.6 Å². The summed E-state index contributed by atoms with van der Waals surface area (Å²) in [6, 6.07) is 0. The summed E-state index contributed by atoms with van der Waals surface area (Å²) >= 11 is 0. The predicted molar refractivity (Wildman–Crippen MR) is 123 cm³/mol. The first-order chi connectivity index (χ1) is 15.9. The van der Waals surface area contributed by atoms with Crippen molar-refractivity contribution in [3.05, 3.63) is 0 Å². The highest BCUT2D eigenvalue weighted by Crippen LogP contribution is 2.40. The third kappa shape index (κ3) is 5.94. The van der Waals surface area contributed by atoms with Gasteiger partial charge in [0.05, 0.1) is 24.9 Å². The van der Waals surface area contributed by atoms with Crippen molar-refractivity contribution in [3.63, 3.8) is 0 Å². The molecule has 0 spiro atoms. The average Bonchev–Trinajstić information content (AvgIpc) is 2.85. The fourth-order valence-electron chi connectivity index (χ4n) is 4.69. The fraction of sp³-hybridized carbons (Fsp3) is 1.00. The lowest BCUT2D eigenvalue weighted by Gasteiger charge is -2.50. The van der Waals surface area contributed by atoms with Crippen LogP contribution in [0, 0.1) is 5.41 Å². The van der Waals surface area contributed by atoms with Crippen LogP contribution in [-0.4, -0.2) is 111 Å². The highest BCUT2D eigenvalue weighted by molar-refractivity contribution is 5.00. The lowest BCUT2D eigenvalue weighted by atomic mass is 9.73. The molecule has 0 amide bonds. The first-order valence-electron chi connectivity index (χ1n) is 12.5. The van der Waals surface area contributed by atoms with Crippen LogP contribution in [-0.2, 0) is 18.9 Å². The number of ether oxygens (including phenoxy) is 4. The van der Waals surface area contributed by atoms with Gasteiger partial charge in [-0.3, -0.25) is 0 Å². The quantitative estimate of drug-likeness (QED) is 0.232. The minimum atomic E-state index is -1.57. The van der Waals surface area contributed by atoms with Crippen molar-refractivity contribution in [3.8, 4) is 0 Å². The van der Waals surface area contributed by atoms with Gasteiger partial charge in [0.25, 0.3) is 0 Å². The van der Waals surface area contributed by atoms with Gasteiger partial charge in [-0.2, -0.15) is 0 Å². The summed E-state index contributed by atoms with van der Waals surface area (Å²) in [4.78, 5) is 0. The Hall–Kier alpha value is -0.400. The Morgan fingerprint density at radius 1 is 0.676 bits per heavy atom. The van der Waals surface area contributed by atoms with E-state index in [1.54, 1.807) is 0 Å². The summed E-state index contributed by atoms with van der Waals surface area (Å²) in [5, 5.41) is 63.1. The lowest BCUT2D eigenvalue weighted by molar-refractivity contribution is -0.355. The smallest absolute Gasteiger partial charge is 0.187 e. The maximum Gasteiger partial charge on any atom is 0.187 e. The van der Waals surface area contributed by atoms with E-state index >= 15 is 0 Å². The Kier molecular flexibility index (Phi) is 10.7. The van der Waals surface area contributed by atoms with Gasteiger partial charge in [0.2, 0.25) is 0 Å². The second-order valence-corrected chi connectivity index (χ2v) is 10.2. The Labute approximate surface area is 202 Å². The maximum absolute atomic E-state index is 10.9. The fourth-order valence-corrected chi connectivity index (χ4v) is 4.69. The van der Waals surface area contributed by atoms with Gasteiger partial charge in [-0.05, 0) is 38.0 Å². The van der Waals surface area contributed by atoms with Crippen molar-refractivity contribution in [2.45, 2.75) is 134 Å². The molecule has 2 saturated heterocycles. The standard InChI is InChI=1S/C24H46O10/c1-7-23(5,8-2)21-17(29)15(27)19(13(11-25)31-21)33-22-18(30)16(28)20(14(12-26)32-22)34-24(6,9-3)10-4/h13-22,25-30H,7-12H2,1-6H3/t13-,14?,15?,16?,17?,18?,19?,20?,21+,22?/m0/s1. The van der Waals surface area contributed by atoms with Crippen LogP contribution in [0.15, 0.2) is 0 Å². The number of hydrogen-bond acceptors (Lipinski definition) is 10. The van der Waals surface area contributed by atoms with Gasteiger partial charge in [-0.15, -0.1) is 0 Å². The Balaban J connectivity index is 2.21. The Morgan fingerprint density at radius 2 is 1.18 bits per heavy atom. The molecule has 0 aromatic rings. The lowest BCUT2D eigenvalue weighted by Crippen LogP contribution is -2.66. The number of aliphatic hydroxyl groups is 6. The molecule has 202 valence electrons. The van der Waals surface area contributed by atoms with Crippen LogP contribution in [0.5, 0.6) is 0 Å². The van der Waals surface area contributed by atoms with Crippen molar-refractivity contribution >= 4 is 0 Å². The van der Waals surface area contributed by atoms with Crippen molar-refractivity contribution in [1.82, 2.24) is 0 Å². The molecule has 34 heavy (non-hydrogen) atoms. The molecule has 0 bridgehead atoms. The number of rotatable bonds is 11. The third-order valence-corrected chi connectivity index (χ3v) is 8.20. The van der Waals surface area contributed by atoms with E-state index in [0.717, 1.165) is 0 Å². The van der Waals surface area contributed by atoms with Gasteiger partial charge in [0.1, 0.15) is 48.8 Å². The van der Waals surface area contributed by atoms with E-state index in [1.165, 1.54) is 0 Å². The summed E-state index contributed by atoms with van der Waals surface area (Å²) in [6.07, 6.45) is -9.51. The van der Waals surface area contributed by atoms with Crippen LogP contribution in [0.3, 0.4) is 0 Å². The summed E-state index contributed by atoms with van der Waals surface area (Å²) in [6.45, 7) is 10.6. The van der Waals surface area contributed by atoms with Crippen LogP contribution in [0.1, 0.15) is 67.2 Å². The largest absolute Gasteiger partial charge is 0.394 e. The summed E-state index contributed by atoms with van der Waals surface area (Å²) < 4.78 is 23.6. The van der Waals surface area contributed by atoms with E-state index < -0.39 is 85.5 Å². The molecule has 6 N–H and O–H groups in total. The van der Waals surface area contributed by atoms with Crippen LogP contribution in [0.4, 0.5) is 0 Å². The van der Waals surface area contributed by atoms with Gasteiger partial charge in [0.15, 0.2) is 6.29 Å². The normalized spacial score (nSPS) is 39.9. The SMILES string of the molecule is CCC(C)(CC)OC1C(CO)OC(OC2C(O)C(O)[C@H](C(C)(CC)CC)O[C@H]2CO)C(O)C1O. The van der Waals surface area contributed by atoms with E-state index in [-0.39, 0.29) is 0 Å². The molecule has 2 aliphatic rings. The zero-order valence-electron chi connectivity index (χ0n) is 21.3. The monoisotopic (exact) mass is 494 g/mol. The maximum atomic E-state index is 10.9. The summed E-state index contributed by atoms with van der Waals surface area (Å²) in [7, 11) is 0. The zero-order chi connectivity index (χ0) is 25.8. The molecular weight excluding hydrogens is 448 g/mol. The van der Waals surface area contributed by atoms with Crippen LogP contribution in [0.25, 0.3) is 0 Å². The first kappa shape index (κ1) is 29.8. The zero-order valence-corrected chi connectivity index (χ0v) is 21.3. The molecule has 0 aromatic heterocycles. The molecule has 2 fully saturated rings. The first-order valence-corrected chi connectivity index (χ1v) is 12.5. The molecular formula is C24H46O10. The van der Waals surface area contributed by atoms with Crippen LogP contribution >= 0.6 is 0 Å². The van der Waals surface area contributed by atoms with Crippen molar-refractivity contribution in [2.75, 3.05) is 13.2 Å². The van der Waals surface area contributed by atoms with E-state index in [0.29, 0.717) is 25.7 Å². The Morgan fingerprint density at radius 3 is 1.65 bits per heavy atom. The van der Waals surface area contributed by atoms with E-state index in [4.69, 9.17) is 18.9 Å². The number of hydrogen-bond donors (Lipinski definition) is 6.